The van der Waals surface area contributed by atoms with Gasteiger partial charge in [-0.1, -0.05) is 0 Å². The first-order valence-corrected chi connectivity index (χ1v) is 5.41. The average molecular weight is 198 g/mol. The molecular formula is C10H18N2O2. The molecule has 2 atom stereocenters. The predicted molar refractivity (Wildman–Crippen MR) is 52.9 cm³/mol. The minimum Gasteiger partial charge on any atom is -0.481 e. The molecule has 3 N–H and O–H groups in total. The monoisotopic (exact) mass is 198 g/mol. The Hall–Kier alpha value is -0.610. The highest BCUT2D eigenvalue weighted by Crippen LogP contribution is 2.33. The number of carbonyl (C=O) groups is 1. The van der Waals surface area contributed by atoms with Gasteiger partial charge < -0.3 is 10.8 Å². The van der Waals surface area contributed by atoms with E-state index in [2.05, 4.69) is 4.90 Å². The van der Waals surface area contributed by atoms with Gasteiger partial charge in [-0.2, -0.15) is 0 Å². The first-order valence-electron chi connectivity index (χ1n) is 5.41. The molecule has 1 saturated carbocycles. The summed E-state index contributed by atoms with van der Waals surface area (Å²) in [7, 11) is 0. The van der Waals surface area contributed by atoms with Crippen molar-refractivity contribution in [3.8, 4) is 0 Å². The summed E-state index contributed by atoms with van der Waals surface area (Å²) in [6, 6.07) is 0.620. The van der Waals surface area contributed by atoms with E-state index in [1.165, 1.54) is 0 Å². The maximum atomic E-state index is 10.8. The zero-order valence-electron chi connectivity index (χ0n) is 8.35. The second-order valence-electron chi connectivity index (χ2n) is 4.46. The van der Waals surface area contributed by atoms with Gasteiger partial charge in [0.15, 0.2) is 0 Å². The number of carboxylic acids is 1. The highest BCUT2D eigenvalue weighted by atomic mass is 16.4. The van der Waals surface area contributed by atoms with Crippen LogP contribution in [0.15, 0.2) is 0 Å². The van der Waals surface area contributed by atoms with Gasteiger partial charge in [-0.05, 0) is 38.8 Å². The fourth-order valence-corrected chi connectivity index (χ4v) is 2.46. The van der Waals surface area contributed by atoms with Crippen LogP contribution < -0.4 is 5.73 Å². The van der Waals surface area contributed by atoms with Gasteiger partial charge >= 0.3 is 5.97 Å². The van der Waals surface area contributed by atoms with E-state index in [1.54, 1.807) is 0 Å². The van der Waals surface area contributed by atoms with Crippen LogP contribution in [0.3, 0.4) is 0 Å². The first kappa shape index (κ1) is 9.93. The molecular weight excluding hydrogens is 180 g/mol. The molecule has 4 nitrogen and oxygen atoms in total. The molecule has 0 aromatic carbocycles. The van der Waals surface area contributed by atoms with Gasteiger partial charge in [-0.15, -0.1) is 0 Å². The van der Waals surface area contributed by atoms with Gasteiger partial charge in [0.2, 0.25) is 0 Å². The number of likely N-dealkylation sites (tertiary alicyclic amines) is 1. The van der Waals surface area contributed by atoms with Gasteiger partial charge in [-0.3, -0.25) is 9.69 Å². The summed E-state index contributed by atoms with van der Waals surface area (Å²) >= 11 is 0. The molecule has 2 unspecified atom stereocenters. The SMILES string of the molecule is NC1CCN(C2CCC2C(=O)O)CC1. The molecule has 0 aromatic heterocycles. The van der Waals surface area contributed by atoms with E-state index in [0.717, 1.165) is 38.8 Å². The number of piperidine rings is 1. The molecule has 0 aromatic rings. The van der Waals surface area contributed by atoms with E-state index < -0.39 is 5.97 Å². The summed E-state index contributed by atoms with van der Waals surface area (Å²) in [5.41, 5.74) is 5.81. The molecule has 0 radical (unpaired) electrons. The molecule has 14 heavy (non-hydrogen) atoms. The Bertz CT molecular complexity index is 224. The molecule has 1 aliphatic heterocycles. The number of hydrogen-bond donors (Lipinski definition) is 2. The third-order valence-electron chi connectivity index (χ3n) is 3.60. The van der Waals surface area contributed by atoms with E-state index in [-0.39, 0.29) is 5.92 Å². The van der Waals surface area contributed by atoms with Crippen LogP contribution in [0.2, 0.25) is 0 Å². The van der Waals surface area contributed by atoms with Crippen LogP contribution in [0.1, 0.15) is 25.7 Å². The summed E-state index contributed by atoms with van der Waals surface area (Å²) in [6.07, 6.45) is 3.93. The highest BCUT2D eigenvalue weighted by molar-refractivity contribution is 5.72. The van der Waals surface area contributed by atoms with Crippen LogP contribution in [0.25, 0.3) is 0 Å². The number of hydrogen-bond acceptors (Lipinski definition) is 3. The van der Waals surface area contributed by atoms with Crippen LogP contribution in [0.5, 0.6) is 0 Å². The van der Waals surface area contributed by atoms with Crippen molar-refractivity contribution in [2.75, 3.05) is 13.1 Å². The highest BCUT2D eigenvalue weighted by Gasteiger charge is 2.40. The van der Waals surface area contributed by atoms with Crippen molar-refractivity contribution < 1.29 is 9.90 Å². The topological polar surface area (TPSA) is 66.6 Å². The minimum absolute atomic E-state index is 0.121. The largest absolute Gasteiger partial charge is 0.481 e. The van der Waals surface area contributed by atoms with Crippen LogP contribution >= 0.6 is 0 Å². The lowest BCUT2D eigenvalue weighted by Gasteiger charge is -2.44. The fraction of sp³-hybridized carbons (Fsp3) is 0.900. The number of rotatable bonds is 2. The van der Waals surface area contributed by atoms with Crippen molar-refractivity contribution >= 4 is 5.97 Å². The molecule has 2 rings (SSSR count). The van der Waals surface area contributed by atoms with Crippen molar-refractivity contribution in [3.63, 3.8) is 0 Å². The number of carboxylic acid groups (broad SMARTS) is 1. The quantitative estimate of drug-likeness (QED) is 0.668. The smallest absolute Gasteiger partial charge is 0.308 e. The first-order chi connectivity index (χ1) is 6.68. The number of nitrogens with zero attached hydrogens (tertiary/aromatic N) is 1. The lowest BCUT2D eigenvalue weighted by molar-refractivity contribution is -0.149. The molecule has 80 valence electrons. The van der Waals surface area contributed by atoms with E-state index in [1.807, 2.05) is 0 Å². The predicted octanol–water partition coefficient (Wildman–Crippen LogP) is 0.273. The molecule has 0 amide bonds. The molecule has 1 saturated heterocycles. The summed E-state index contributed by atoms with van der Waals surface area (Å²) < 4.78 is 0. The maximum Gasteiger partial charge on any atom is 0.308 e. The van der Waals surface area contributed by atoms with Crippen molar-refractivity contribution in [2.45, 2.75) is 37.8 Å². The van der Waals surface area contributed by atoms with Gasteiger partial charge in [0.1, 0.15) is 0 Å². The van der Waals surface area contributed by atoms with Crippen LogP contribution in [-0.2, 0) is 4.79 Å². The minimum atomic E-state index is -0.629. The molecule has 2 fully saturated rings. The zero-order valence-corrected chi connectivity index (χ0v) is 8.35. The second-order valence-corrected chi connectivity index (χ2v) is 4.46. The Morgan fingerprint density at radius 1 is 1.21 bits per heavy atom. The number of aliphatic carboxylic acids is 1. The van der Waals surface area contributed by atoms with Crippen LogP contribution in [0, 0.1) is 5.92 Å². The summed E-state index contributed by atoms with van der Waals surface area (Å²) in [4.78, 5) is 13.2. The molecule has 0 bridgehead atoms. The van der Waals surface area contributed by atoms with E-state index >= 15 is 0 Å². The van der Waals surface area contributed by atoms with Crippen molar-refractivity contribution in [1.82, 2.24) is 4.90 Å². The molecule has 1 aliphatic carbocycles. The van der Waals surface area contributed by atoms with E-state index in [9.17, 15) is 4.79 Å². The Morgan fingerprint density at radius 2 is 1.86 bits per heavy atom. The average Bonchev–Trinajstić information content (AvgIpc) is 2.05. The second kappa shape index (κ2) is 3.87. The van der Waals surface area contributed by atoms with Crippen LogP contribution in [-0.4, -0.2) is 41.1 Å². The lowest BCUT2D eigenvalue weighted by atomic mass is 9.78. The zero-order chi connectivity index (χ0) is 10.1. The summed E-state index contributed by atoms with van der Waals surface area (Å²) in [5.74, 6) is -0.750. The van der Waals surface area contributed by atoms with Gasteiger partial charge in [-0.25, -0.2) is 0 Å². The standard InChI is InChI=1S/C10H18N2O2/c11-7-3-5-12(6-4-7)9-2-1-8(9)10(13)14/h7-9H,1-6,11H2,(H,13,14). The van der Waals surface area contributed by atoms with Crippen molar-refractivity contribution in [1.29, 1.82) is 0 Å². The molecule has 0 spiro atoms. The van der Waals surface area contributed by atoms with E-state index in [0.29, 0.717) is 12.1 Å². The van der Waals surface area contributed by atoms with Gasteiger partial charge in [0.25, 0.3) is 0 Å². The van der Waals surface area contributed by atoms with Gasteiger partial charge in [0.05, 0.1) is 5.92 Å². The summed E-state index contributed by atoms with van der Waals surface area (Å²) in [6.45, 7) is 1.96. The molecule has 2 aliphatic rings. The summed E-state index contributed by atoms with van der Waals surface area (Å²) in [5, 5.41) is 8.93. The lowest BCUT2D eigenvalue weighted by Crippen LogP contribution is -2.54. The van der Waals surface area contributed by atoms with Crippen molar-refractivity contribution in [3.05, 3.63) is 0 Å². The Kier molecular flexibility index (Phi) is 2.74. The Morgan fingerprint density at radius 3 is 2.29 bits per heavy atom. The van der Waals surface area contributed by atoms with Gasteiger partial charge in [0, 0.05) is 12.1 Å². The maximum absolute atomic E-state index is 10.8. The van der Waals surface area contributed by atoms with E-state index in [4.69, 9.17) is 10.8 Å². The van der Waals surface area contributed by atoms with Crippen LogP contribution in [0.4, 0.5) is 0 Å². The molecule has 4 heteroatoms. The number of nitrogens with two attached hydrogens (primary N) is 1. The normalized spacial score (nSPS) is 35.2. The third kappa shape index (κ3) is 1.77. The van der Waals surface area contributed by atoms with Crippen molar-refractivity contribution in [2.24, 2.45) is 11.7 Å². The Balaban J connectivity index is 1.87. The molecule has 1 heterocycles. The third-order valence-corrected chi connectivity index (χ3v) is 3.60. The Labute approximate surface area is 84.1 Å². The fourth-order valence-electron chi connectivity index (χ4n) is 2.46.